The molecule has 1 aliphatic rings. The lowest BCUT2D eigenvalue weighted by Gasteiger charge is -2.25. The van der Waals surface area contributed by atoms with Crippen LogP contribution in [-0.4, -0.2) is 37.6 Å². The van der Waals surface area contributed by atoms with Crippen molar-refractivity contribution in [2.24, 2.45) is 0 Å². The number of esters is 1. The molecule has 3 heteroatoms. The van der Waals surface area contributed by atoms with E-state index >= 15 is 0 Å². The normalized spacial score (nSPS) is 18.5. The van der Waals surface area contributed by atoms with E-state index in [2.05, 4.69) is 9.64 Å². The lowest BCUT2D eigenvalue weighted by atomic mass is 10.1. The maximum Gasteiger partial charge on any atom is 0.305 e. The van der Waals surface area contributed by atoms with Crippen LogP contribution in [0.15, 0.2) is 0 Å². The number of likely N-dealkylation sites (tertiary alicyclic amines) is 1. The molecule has 0 amide bonds. The van der Waals surface area contributed by atoms with Gasteiger partial charge < -0.3 is 9.64 Å². The predicted octanol–water partition coefficient (Wildman–Crippen LogP) is 1.43. The van der Waals surface area contributed by atoms with E-state index in [-0.39, 0.29) is 5.97 Å². The minimum Gasteiger partial charge on any atom is -0.469 e. The molecule has 1 aliphatic heterocycles. The summed E-state index contributed by atoms with van der Waals surface area (Å²) in [5.74, 6) is -0.0861. The quantitative estimate of drug-likeness (QED) is 0.620. The van der Waals surface area contributed by atoms with Gasteiger partial charge in [-0.1, -0.05) is 6.42 Å². The van der Waals surface area contributed by atoms with Crippen LogP contribution in [0, 0.1) is 0 Å². The van der Waals surface area contributed by atoms with Crippen molar-refractivity contribution in [3.8, 4) is 0 Å². The highest BCUT2D eigenvalue weighted by molar-refractivity contribution is 5.69. The van der Waals surface area contributed by atoms with Crippen LogP contribution in [0.3, 0.4) is 0 Å². The largest absolute Gasteiger partial charge is 0.469 e. The Labute approximate surface area is 80.1 Å². The molecule has 0 unspecified atom stereocenters. The summed E-state index contributed by atoms with van der Waals surface area (Å²) in [5, 5.41) is 0. The van der Waals surface area contributed by atoms with Crippen molar-refractivity contribution in [1.82, 2.24) is 4.90 Å². The molecular weight excluding hydrogens is 166 g/mol. The SMILES string of the molecule is COC(=O)CCCN1CCCCC1. The van der Waals surface area contributed by atoms with E-state index in [1.165, 1.54) is 39.5 Å². The average Bonchev–Trinajstić information content (AvgIpc) is 2.19. The molecule has 1 fully saturated rings. The number of piperidine rings is 1. The summed E-state index contributed by atoms with van der Waals surface area (Å²) in [7, 11) is 1.45. The first kappa shape index (κ1) is 10.5. The molecule has 0 aliphatic carbocycles. The van der Waals surface area contributed by atoms with Crippen molar-refractivity contribution in [2.75, 3.05) is 26.7 Å². The number of ether oxygens (including phenoxy) is 1. The van der Waals surface area contributed by atoms with Gasteiger partial charge in [0.15, 0.2) is 0 Å². The molecule has 0 aromatic heterocycles. The summed E-state index contributed by atoms with van der Waals surface area (Å²) in [5.41, 5.74) is 0. The first-order chi connectivity index (χ1) is 6.33. The van der Waals surface area contributed by atoms with Crippen molar-refractivity contribution in [3.05, 3.63) is 0 Å². The van der Waals surface area contributed by atoms with Gasteiger partial charge in [-0.25, -0.2) is 0 Å². The van der Waals surface area contributed by atoms with Crippen molar-refractivity contribution in [3.63, 3.8) is 0 Å². The van der Waals surface area contributed by atoms with Crippen LogP contribution in [0.2, 0.25) is 0 Å². The topological polar surface area (TPSA) is 29.5 Å². The van der Waals surface area contributed by atoms with Gasteiger partial charge in [-0.15, -0.1) is 0 Å². The number of methoxy groups -OCH3 is 1. The second-order valence-corrected chi connectivity index (χ2v) is 3.58. The summed E-state index contributed by atoms with van der Waals surface area (Å²) >= 11 is 0. The van der Waals surface area contributed by atoms with Gasteiger partial charge in [0.05, 0.1) is 7.11 Å². The van der Waals surface area contributed by atoms with Crippen LogP contribution >= 0.6 is 0 Å². The summed E-state index contributed by atoms with van der Waals surface area (Å²) in [6.07, 6.45) is 5.50. The van der Waals surface area contributed by atoms with Gasteiger partial charge in [0.2, 0.25) is 0 Å². The van der Waals surface area contributed by atoms with Crippen molar-refractivity contribution in [2.45, 2.75) is 32.1 Å². The molecule has 0 radical (unpaired) electrons. The Balaban J connectivity index is 2.01. The van der Waals surface area contributed by atoms with E-state index in [0.717, 1.165) is 13.0 Å². The Hall–Kier alpha value is -0.570. The average molecular weight is 185 g/mol. The summed E-state index contributed by atoms with van der Waals surface area (Å²) in [6, 6.07) is 0. The number of hydrogen-bond donors (Lipinski definition) is 0. The van der Waals surface area contributed by atoms with Gasteiger partial charge in [0.25, 0.3) is 0 Å². The van der Waals surface area contributed by atoms with Gasteiger partial charge in [0.1, 0.15) is 0 Å². The molecule has 0 N–H and O–H groups in total. The third-order valence-corrected chi connectivity index (χ3v) is 2.53. The molecular formula is C10H19NO2. The Kier molecular flexibility index (Phi) is 4.83. The van der Waals surface area contributed by atoms with E-state index in [0.29, 0.717) is 6.42 Å². The third kappa shape index (κ3) is 4.27. The number of carbonyl (C=O) groups excluding carboxylic acids is 1. The van der Waals surface area contributed by atoms with E-state index in [9.17, 15) is 4.79 Å². The number of hydrogen-bond acceptors (Lipinski definition) is 3. The maximum absolute atomic E-state index is 10.8. The second kappa shape index (κ2) is 5.97. The predicted molar refractivity (Wildman–Crippen MR) is 51.5 cm³/mol. The number of nitrogens with zero attached hydrogens (tertiary/aromatic N) is 1. The molecule has 0 atom stereocenters. The zero-order valence-corrected chi connectivity index (χ0v) is 8.42. The summed E-state index contributed by atoms with van der Waals surface area (Å²) < 4.78 is 4.58. The van der Waals surface area contributed by atoms with Crippen LogP contribution in [-0.2, 0) is 9.53 Å². The fraction of sp³-hybridized carbons (Fsp3) is 0.900. The smallest absolute Gasteiger partial charge is 0.305 e. The fourth-order valence-electron chi connectivity index (χ4n) is 1.73. The minimum atomic E-state index is -0.0861. The van der Waals surface area contributed by atoms with E-state index in [1.807, 2.05) is 0 Å². The first-order valence-electron chi connectivity index (χ1n) is 5.12. The van der Waals surface area contributed by atoms with Crippen LogP contribution < -0.4 is 0 Å². The van der Waals surface area contributed by atoms with Crippen LogP contribution in [0.4, 0.5) is 0 Å². The molecule has 76 valence electrons. The Bertz CT molecular complexity index is 153. The molecule has 0 saturated carbocycles. The highest BCUT2D eigenvalue weighted by Crippen LogP contribution is 2.09. The molecule has 13 heavy (non-hydrogen) atoms. The van der Waals surface area contributed by atoms with E-state index in [4.69, 9.17) is 0 Å². The Morgan fingerprint density at radius 1 is 1.31 bits per heavy atom. The Morgan fingerprint density at radius 3 is 2.62 bits per heavy atom. The molecule has 0 spiro atoms. The summed E-state index contributed by atoms with van der Waals surface area (Å²) in [6.45, 7) is 3.47. The van der Waals surface area contributed by atoms with Crippen molar-refractivity contribution < 1.29 is 9.53 Å². The zero-order valence-electron chi connectivity index (χ0n) is 8.42. The van der Waals surface area contributed by atoms with E-state index < -0.39 is 0 Å². The maximum atomic E-state index is 10.8. The van der Waals surface area contributed by atoms with Crippen LogP contribution in [0.5, 0.6) is 0 Å². The fourth-order valence-corrected chi connectivity index (χ4v) is 1.73. The van der Waals surface area contributed by atoms with Gasteiger partial charge in [-0.3, -0.25) is 4.79 Å². The standard InChI is InChI=1S/C10H19NO2/c1-13-10(12)6-5-9-11-7-3-2-4-8-11/h2-9H2,1H3. The number of rotatable bonds is 4. The lowest BCUT2D eigenvalue weighted by molar-refractivity contribution is -0.140. The van der Waals surface area contributed by atoms with Crippen molar-refractivity contribution >= 4 is 5.97 Å². The van der Waals surface area contributed by atoms with E-state index in [1.54, 1.807) is 0 Å². The van der Waals surface area contributed by atoms with Gasteiger partial charge in [-0.2, -0.15) is 0 Å². The zero-order chi connectivity index (χ0) is 9.52. The highest BCUT2D eigenvalue weighted by atomic mass is 16.5. The first-order valence-corrected chi connectivity index (χ1v) is 5.12. The van der Waals surface area contributed by atoms with Crippen LogP contribution in [0.25, 0.3) is 0 Å². The molecule has 1 rings (SSSR count). The molecule has 3 nitrogen and oxygen atoms in total. The molecule has 1 heterocycles. The van der Waals surface area contributed by atoms with Gasteiger partial charge in [-0.05, 0) is 38.9 Å². The second-order valence-electron chi connectivity index (χ2n) is 3.58. The van der Waals surface area contributed by atoms with Crippen molar-refractivity contribution in [1.29, 1.82) is 0 Å². The molecule has 0 aromatic carbocycles. The highest BCUT2D eigenvalue weighted by Gasteiger charge is 2.09. The van der Waals surface area contributed by atoms with Gasteiger partial charge >= 0.3 is 5.97 Å². The van der Waals surface area contributed by atoms with Crippen LogP contribution in [0.1, 0.15) is 32.1 Å². The Morgan fingerprint density at radius 2 is 2.00 bits per heavy atom. The molecule has 1 saturated heterocycles. The molecule has 0 aromatic rings. The molecule has 0 bridgehead atoms. The van der Waals surface area contributed by atoms with Gasteiger partial charge in [0, 0.05) is 6.42 Å². The number of carbonyl (C=O) groups is 1. The minimum absolute atomic E-state index is 0.0861. The monoisotopic (exact) mass is 185 g/mol. The summed E-state index contributed by atoms with van der Waals surface area (Å²) in [4.78, 5) is 13.2. The lowest BCUT2D eigenvalue weighted by Crippen LogP contribution is -2.30. The third-order valence-electron chi connectivity index (χ3n) is 2.53.